The molecule has 0 amide bonds. The van der Waals surface area contributed by atoms with Gasteiger partial charge in [-0.1, -0.05) is 18.2 Å². The molecular formula is C17H20N2O. The van der Waals surface area contributed by atoms with Crippen molar-refractivity contribution in [3.05, 3.63) is 54.1 Å². The highest BCUT2D eigenvalue weighted by Crippen LogP contribution is 2.28. The summed E-state index contributed by atoms with van der Waals surface area (Å²) in [6.45, 7) is 2.70. The van der Waals surface area contributed by atoms with Crippen LogP contribution in [-0.4, -0.2) is 19.7 Å². The Hall–Kier alpha value is -2.16. The van der Waals surface area contributed by atoms with Crippen LogP contribution >= 0.6 is 0 Å². The predicted molar refractivity (Wildman–Crippen MR) is 83.3 cm³/mol. The van der Waals surface area contributed by atoms with E-state index in [1.807, 2.05) is 36.4 Å². The summed E-state index contributed by atoms with van der Waals surface area (Å²) in [4.78, 5) is 2.39. The monoisotopic (exact) mass is 268 g/mol. The van der Waals surface area contributed by atoms with E-state index in [1.54, 1.807) is 0 Å². The minimum absolute atomic E-state index is 0.702. The Labute approximate surface area is 120 Å². The van der Waals surface area contributed by atoms with Crippen molar-refractivity contribution < 1.29 is 4.74 Å². The number of rotatable bonds is 4. The number of nitrogen functional groups attached to an aromatic ring is 1. The summed E-state index contributed by atoms with van der Waals surface area (Å²) in [5.74, 6) is 0.932. The zero-order chi connectivity index (χ0) is 13.8. The van der Waals surface area contributed by atoms with E-state index < -0.39 is 0 Å². The average molecular weight is 268 g/mol. The fourth-order valence-electron chi connectivity index (χ4n) is 2.72. The van der Waals surface area contributed by atoms with Crippen LogP contribution in [0.1, 0.15) is 12.0 Å². The molecule has 0 fully saturated rings. The third kappa shape index (κ3) is 2.87. The number of ether oxygens (including phenoxy) is 1. The van der Waals surface area contributed by atoms with Gasteiger partial charge in [0.25, 0.3) is 0 Å². The average Bonchev–Trinajstić information content (AvgIpc) is 2.48. The number of anilines is 2. The number of hydrogen-bond donors (Lipinski definition) is 1. The lowest BCUT2D eigenvalue weighted by molar-refractivity contribution is 0.322. The molecule has 0 saturated heterocycles. The molecule has 0 aromatic heterocycles. The highest BCUT2D eigenvalue weighted by molar-refractivity contribution is 5.61. The summed E-state index contributed by atoms with van der Waals surface area (Å²) in [6.07, 6.45) is 2.30. The number of para-hydroxylation sites is 1. The molecular weight excluding hydrogens is 248 g/mol. The van der Waals surface area contributed by atoms with E-state index in [-0.39, 0.29) is 0 Å². The molecule has 0 atom stereocenters. The lowest BCUT2D eigenvalue weighted by Crippen LogP contribution is -2.33. The molecule has 20 heavy (non-hydrogen) atoms. The topological polar surface area (TPSA) is 38.5 Å². The Morgan fingerprint density at radius 3 is 2.80 bits per heavy atom. The second-order valence-corrected chi connectivity index (χ2v) is 5.14. The molecule has 3 rings (SSSR count). The molecule has 104 valence electrons. The maximum absolute atomic E-state index is 5.86. The van der Waals surface area contributed by atoms with E-state index in [0.717, 1.165) is 30.9 Å². The summed E-state index contributed by atoms with van der Waals surface area (Å²) in [5.41, 5.74) is 9.38. The minimum Gasteiger partial charge on any atom is -0.492 e. The number of nitrogens with zero attached hydrogens (tertiary/aromatic N) is 1. The molecule has 3 heteroatoms. The maximum Gasteiger partial charge on any atom is 0.119 e. The second kappa shape index (κ2) is 5.87. The predicted octanol–water partition coefficient (Wildman–Crippen LogP) is 3.10. The van der Waals surface area contributed by atoms with Gasteiger partial charge in [0.15, 0.2) is 0 Å². The SMILES string of the molecule is Nc1ccc2c(c1)CCCN2CCOc1ccccc1. The Bertz CT molecular complexity index is 568. The van der Waals surface area contributed by atoms with Crippen LogP contribution < -0.4 is 15.4 Å². The van der Waals surface area contributed by atoms with Crippen LogP contribution in [0.3, 0.4) is 0 Å². The molecule has 3 nitrogen and oxygen atoms in total. The first kappa shape index (κ1) is 12.9. The number of fused-ring (bicyclic) bond motifs is 1. The van der Waals surface area contributed by atoms with Crippen LogP contribution in [0.25, 0.3) is 0 Å². The summed E-state index contributed by atoms with van der Waals surface area (Å²) < 4.78 is 5.78. The largest absolute Gasteiger partial charge is 0.492 e. The number of hydrogen-bond acceptors (Lipinski definition) is 3. The second-order valence-electron chi connectivity index (χ2n) is 5.14. The molecule has 2 aromatic carbocycles. The summed E-state index contributed by atoms with van der Waals surface area (Å²) in [5, 5.41) is 0. The smallest absolute Gasteiger partial charge is 0.119 e. The van der Waals surface area contributed by atoms with Crippen molar-refractivity contribution in [3.63, 3.8) is 0 Å². The van der Waals surface area contributed by atoms with Crippen molar-refractivity contribution in [2.75, 3.05) is 30.3 Å². The van der Waals surface area contributed by atoms with Crippen molar-refractivity contribution in [3.8, 4) is 5.75 Å². The van der Waals surface area contributed by atoms with E-state index in [0.29, 0.717) is 6.61 Å². The molecule has 0 radical (unpaired) electrons. The first-order chi connectivity index (χ1) is 9.83. The summed E-state index contributed by atoms with van der Waals surface area (Å²) >= 11 is 0. The standard InChI is InChI=1S/C17H20N2O/c18-15-8-9-17-14(13-15)5-4-10-19(17)11-12-20-16-6-2-1-3-7-16/h1-3,6-9,13H,4-5,10-12,18H2. The zero-order valence-electron chi connectivity index (χ0n) is 11.6. The van der Waals surface area contributed by atoms with Crippen LogP contribution in [0, 0.1) is 0 Å². The quantitative estimate of drug-likeness (QED) is 0.866. The van der Waals surface area contributed by atoms with Crippen molar-refractivity contribution in [2.24, 2.45) is 0 Å². The number of aryl methyl sites for hydroxylation is 1. The highest BCUT2D eigenvalue weighted by Gasteiger charge is 2.16. The van der Waals surface area contributed by atoms with Gasteiger partial charge in [-0.2, -0.15) is 0 Å². The van der Waals surface area contributed by atoms with Crippen molar-refractivity contribution in [1.29, 1.82) is 0 Å². The van der Waals surface area contributed by atoms with Gasteiger partial charge in [0.1, 0.15) is 12.4 Å². The van der Waals surface area contributed by atoms with Gasteiger partial charge >= 0.3 is 0 Å². The van der Waals surface area contributed by atoms with Gasteiger partial charge in [0.05, 0.1) is 6.54 Å². The summed E-state index contributed by atoms with van der Waals surface area (Å²) in [6, 6.07) is 16.2. The van der Waals surface area contributed by atoms with Gasteiger partial charge in [-0.25, -0.2) is 0 Å². The van der Waals surface area contributed by atoms with Crippen LogP contribution in [0.5, 0.6) is 5.75 Å². The molecule has 0 spiro atoms. The lowest BCUT2D eigenvalue weighted by atomic mass is 10.0. The minimum atomic E-state index is 0.702. The van der Waals surface area contributed by atoms with Crippen LogP contribution in [-0.2, 0) is 6.42 Å². The molecule has 0 unspecified atom stereocenters. The first-order valence-electron chi connectivity index (χ1n) is 7.14. The fourth-order valence-corrected chi connectivity index (χ4v) is 2.72. The Morgan fingerprint density at radius 1 is 1.10 bits per heavy atom. The van der Waals surface area contributed by atoms with E-state index in [4.69, 9.17) is 10.5 Å². The van der Waals surface area contributed by atoms with Crippen molar-refractivity contribution >= 4 is 11.4 Å². The van der Waals surface area contributed by atoms with Crippen LogP contribution in [0.2, 0.25) is 0 Å². The van der Waals surface area contributed by atoms with Gasteiger partial charge in [-0.3, -0.25) is 0 Å². The third-order valence-electron chi connectivity index (χ3n) is 3.69. The van der Waals surface area contributed by atoms with Crippen LogP contribution in [0.15, 0.2) is 48.5 Å². The molecule has 2 N–H and O–H groups in total. The Balaban J connectivity index is 1.62. The van der Waals surface area contributed by atoms with E-state index in [9.17, 15) is 0 Å². The molecule has 0 bridgehead atoms. The Kier molecular flexibility index (Phi) is 3.77. The number of nitrogens with two attached hydrogens (primary N) is 1. The maximum atomic E-state index is 5.86. The van der Waals surface area contributed by atoms with E-state index in [2.05, 4.69) is 17.0 Å². The van der Waals surface area contributed by atoms with Gasteiger partial charge in [0.2, 0.25) is 0 Å². The summed E-state index contributed by atoms with van der Waals surface area (Å²) in [7, 11) is 0. The van der Waals surface area contributed by atoms with Gasteiger partial charge in [-0.15, -0.1) is 0 Å². The van der Waals surface area contributed by atoms with E-state index in [1.165, 1.54) is 17.7 Å². The molecule has 1 aliphatic rings. The molecule has 1 heterocycles. The first-order valence-corrected chi connectivity index (χ1v) is 7.14. The molecule has 0 aliphatic carbocycles. The van der Waals surface area contributed by atoms with Gasteiger partial charge < -0.3 is 15.4 Å². The highest BCUT2D eigenvalue weighted by atomic mass is 16.5. The third-order valence-corrected chi connectivity index (χ3v) is 3.69. The van der Waals surface area contributed by atoms with Crippen molar-refractivity contribution in [1.82, 2.24) is 0 Å². The zero-order valence-corrected chi connectivity index (χ0v) is 11.6. The van der Waals surface area contributed by atoms with Gasteiger partial charge in [-0.05, 0) is 48.7 Å². The Morgan fingerprint density at radius 2 is 1.95 bits per heavy atom. The van der Waals surface area contributed by atoms with Gasteiger partial charge in [0, 0.05) is 17.9 Å². The lowest BCUT2D eigenvalue weighted by Gasteiger charge is -2.31. The fraction of sp³-hybridized carbons (Fsp3) is 0.294. The number of benzene rings is 2. The van der Waals surface area contributed by atoms with Crippen LogP contribution in [0.4, 0.5) is 11.4 Å². The normalized spacial score (nSPS) is 13.9. The molecule has 0 saturated carbocycles. The van der Waals surface area contributed by atoms with E-state index >= 15 is 0 Å². The van der Waals surface area contributed by atoms with Crippen molar-refractivity contribution in [2.45, 2.75) is 12.8 Å². The molecule has 1 aliphatic heterocycles. The molecule has 2 aromatic rings.